The molecule has 29 heavy (non-hydrogen) atoms. The molecular weight excluding hydrogens is 390 g/mol. The fraction of sp³-hybridized carbons (Fsp3) is 0.182. The molecule has 148 valence electrons. The van der Waals surface area contributed by atoms with Gasteiger partial charge in [0.1, 0.15) is 23.3 Å². The van der Waals surface area contributed by atoms with Crippen molar-refractivity contribution in [3.8, 4) is 5.75 Å². The van der Waals surface area contributed by atoms with E-state index in [2.05, 4.69) is 0 Å². The Labute approximate surface area is 171 Å². The molecule has 0 spiro atoms. The Morgan fingerprint density at radius 1 is 1.24 bits per heavy atom. The SMILES string of the molecule is COc1cc(/C(O)=C2\C(=O)C(=O)N(Cc3cccs3)C2c2ccco2)ccc1C. The molecule has 0 aliphatic carbocycles. The molecule has 1 saturated heterocycles. The van der Waals surface area contributed by atoms with E-state index >= 15 is 0 Å². The number of aliphatic hydroxyl groups is 1. The highest BCUT2D eigenvalue weighted by Crippen LogP contribution is 2.41. The summed E-state index contributed by atoms with van der Waals surface area (Å²) in [7, 11) is 1.54. The maximum Gasteiger partial charge on any atom is 0.296 e. The zero-order valence-electron chi connectivity index (χ0n) is 15.9. The summed E-state index contributed by atoms with van der Waals surface area (Å²) in [6.45, 7) is 2.13. The summed E-state index contributed by atoms with van der Waals surface area (Å²) in [5, 5.41) is 12.9. The van der Waals surface area contributed by atoms with Crippen LogP contribution in [0.25, 0.3) is 5.76 Å². The minimum Gasteiger partial charge on any atom is -0.507 e. The summed E-state index contributed by atoms with van der Waals surface area (Å²) in [5.41, 5.74) is 1.30. The third-order valence-electron chi connectivity index (χ3n) is 4.94. The Bertz CT molecular complexity index is 1080. The first-order valence-electron chi connectivity index (χ1n) is 9.00. The van der Waals surface area contributed by atoms with E-state index in [4.69, 9.17) is 9.15 Å². The Morgan fingerprint density at radius 3 is 2.72 bits per heavy atom. The molecular formula is C22H19NO5S. The molecule has 1 N–H and O–H groups in total. The van der Waals surface area contributed by atoms with E-state index < -0.39 is 17.7 Å². The predicted octanol–water partition coefficient (Wildman–Crippen LogP) is 4.28. The molecule has 1 aliphatic rings. The molecule has 0 bridgehead atoms. The molecule has 1 fully saturated rings. The van der Waals surface area contributed by atoms with E-state index in [0.717, 1.165) is 10.4 Å². The summed E-state index contributed by atoms with van der Waals surface area (Å²) < 4.78 is 10.9. The molecule has 0 radical (unpaired) electrons. The molecule has 6 nitrogen and oxygen atoms in total. The minimum absolute atomic E-state index is 0.00686. The van der Waals surface area contributed by atoms with Gasteiger partial charge in [0.15, 0.2) is 0 Å². The van der Waals surface area contributed by atoms with Gasteiger partial charge in [-0.1, -0.05) is 18.2 Å². The fourth-order valence-electron chi connectivity index (χ4n) is 3.48. The van der Waals surface area contributed by atoms with Crippen molar-refractivity contribution in [3.63, 3.8) is 0 Å². The van der Waals surface area contributed by atoms with Gasteiger partial charge < -0.3 is 19.2 Å². The van der Waals surface area contributed by atoms with Crippen LogP contribution in [0.1, 0.15) is 27.8 Å². The van der Waals surface area contributed by atoms with Gasteiger partial charge in [-0.05, 0) is 42.1 Å². The van der Waals surface area contributed by atoms with Crippen LogP contribution in [0.5, 0.6) is 5.75 Å². The molecule has 1 aromatic carbocycles. The smallest absolute Gasteiger partial charge is 0.296 e. The van der Waals surface area contributed by atoms with Crippen LogP contribution in [0.3, 0.4) is 0 Å². The number of carbonyl (C=O) groups excluding carboxylic acids is 2. The van der Waals surface area contributed by atoms with E-state index in [9.17, 15) is 14.7 Å². The van der Waals surface area contributed by atoms with Crippen molar-refractivity contribution in [2.75, 3.05) is 7.11 Å². The topological polar surface area (TPSA) is 80.0 Å². The lowest BCUT2D eigenvalue weighted by Gasteiger charge is -2.22. The maximum atomic E-state index is 12.9. The maximum absolute atomic E-state index is 12.9. The number of aryl methyl sites for hydroxylation is 1. The third kappa shape index (κ3) is 3.34. The van der Waals surface area contributed by atoms with Crippen LogP contribution in [-0.4, -0.2) is 28.8 Å². The van der Waals surface area contributed by atoms with Crippen LogP contribution in [0, 0.1) is 6.92 Å². The van der Waals surface area contributed by atoms with Crippen LogP contribution in [-0.2, 0) is 16.1 Å². The van der Waals surface area contributed by atoms with Gasteiger partial charge in [-0.3, -0.25) is 9.59 Å². The highest BCUT2D eigenvalue weighted by atomic mass is 32.1. The number of aliphatic hydroxyl groups excluding tert-OH is 1. The first kappa shape index (κ1) is 19.0. The Morgan fingerprint density at radius 2 is 2.07 bits per heavy atom. The molecule has 1 amide bonds. The zero-order chi connectivity index (χ0) is 20.5. The number of amides is 1. The minimum atomic E-state index is -0.806. The van der Waals surface area contributed by atoms with Gasteiger partial charge in [-0.25, -0.2) is 0 Å². The number of ketones is 1. The number of nitrogens with zero attached hydrogens (tertiary/aromatic N) is 1. The number of ether oxygens (including phenoxy) is 1. The second kappa shape index (κ2) is 7.60. The average Bonchev–Trinajstić information content (AvgIpc) is 3.47. The quantitative estimate of drug-likeness (QED) is 0.387. The molecule has 2 aromatic heterocycles. The lowest BCUT2D eigenvalue weighted by molar-refractivity contribution is -0.140. The zero-order valence-corrected chi connectivity index (χ0v) is 16.7. The van der Waals surface area contributed by atoms with Gasteiger partial charge in [0.05, 0.1) is 25.5 Å². The highest BCUT2D eigenvalue weighted by Gasteiger charge is 2.47. The predicted molar refractivity (Wildman–Crippen MR) is 109 cm³/mol. The number of benzene rings is 1. The van der Waals surface area contributed by atoms with Crippen molar-refractivity contribution in [1.82, 2.24) is 4.90 Å². The van der Waals surface area contributed by atoms with E-state index in [0.29, 0.717) is 17.1 Å². The summed E-state index contributed by atoms with van der Waals surface area (Å²) in [4.78, 5) is 28.1. The Balaban J connectivity index is 1.85. The lowest BCUT2D eigenvalue weighted by Crippen LogP contribution is -2.28. The highest BCUT2D eigenvalue weighted by molar-refractivity contribution is 7.09. The van der Waals surface area contributed by atoms with E-state index in [1.54, 1.807) is 30.3 Å². The van der Waals surface area contributed by atoms with Crippen molar-refractivity contribution in [3.05, 3.63) is 81.4 Å². The van der Waals surface area contributed by atoms with Crippen molar-refractivity contribution < 1.29 is 23.8 Å². The second-order valence-electron chi connectivity index (χ2n) is 6.71. The van der Waals surface area contributed by atoms with Gasteiger partial charge in [-0.2, -0.15) is 0 Å². The number of hydrogen-bond donors (Lipinski definition) is 1. The number of methoxy groups -OCH3 is 1. The van der Waals surface area contributed by atoms with Crippen molar-refractivity contribution in [2.45, 2.75) is 19.5 Å². The number of rotatable bonds is 5. The van der Waals surface area contributed by atoms with Gasteiger partial charge in [-0.15, -0.1) is 11.3 Å². The van der Waals surface area contributed by atoms with E-state index in [1.165, 1.54) is 29.6 Å². The molecule has 4 rings (SSSR count). The van der Waals surface area contributed by atoms with Crippen LogP contribution in [0.2, 0.25) is 0 Å². The molecule has 3 aromatic rings. The standard InChI is InChI=1S/C22H19NO5S/c1-13-7-8-14(11-17(13)27-2)20(24)18-19(16-6-3-9-28-16)23(22(26)21(18)25)12-15-5-4-10-29-15/h3-11,19,24H,12H2,1-2H3/b20-18+. The van der Waals surface area contributed by atoms with Gasteiger partial charge >= 0.3 is 0 Å². The summed E-state index contributed by atoms with van der Waals surface area (Å²) in [6, 6.07) is 11.5. The molecule has 1 atom stereocenters. The van der Waals surface area contributed by atoms with Crippen LogP contribution in [0.4, 0.5) is 0 Å². The van der Waals surface area contributed by atoms with Crippen LogP contribution >= 0.6 is 11.3 Å². The molecule has 1 aliphatic heterocycles. The molecule has 3 heterocycles. The van der Waals surface area contributed by atoms with E-state index in [-0.39, 0.29) is 17.9 Å². The van der Waals surface area contributed by atoms with Gasteiger partial charge in [0, 0.05) is 10.4 Å². The Hall–Kier alpha value is -3.32. The number of Topliss-reactive ketones (excluding diaryl/α,β-unsaturated/α-hetero) is 1. The number of thiophene rings is 1. The number of hydrogen-bond acceptors (Lipinski definition) is 6. The Kier molecular flexibility index (Phi) is 4.98. The number of likely N-dealkylation sites (tertiary alicyclic amines) is 1. The van der Waals surface area contributed by atoms with Crippen molar-refractivity contribution in [1.29, 1.82) is 0 Å². The molecule has 1 unspecified atom stereocenters. The van der Waals surface area contributed by atoms with Gasteiger partial charge in [0.25, 0.3) is 11.7 Å². The lowest BCUT2D eigenvalue weighted by atomic mass is 9.98. The van der Waals surface area contributed by atoms with Crippen molar-refractivity contribution in [2.24, 2.45) is 0 Å². The monoisotopic (exact) mass is 409 g/mol. The third-order valence-corrected chi connectivity index (χ3v) is 5.80. The molecule has 0 saturated carbocycles. The summed E-state index contributed by atoms with van der Waals surface area (Å²) in [6.07, 6.45) is 1.48. The summed E-state index contributed by atoms with van der Waals surface area (Å²) in [5.74, 6) is -0.657. The molecule has 7 heteroatoms. The fourth-order valence-corrected chi connectivity index (χ4v) is 4.18. The normalized spacial score (nSPS) is 18.4. The van der Waals surface area contributed by atoms with Crippen molar-refractivity contribution >= 4 is 28.8 Å². The van der Waals surface area contributed by atoms with Crippen LogP contribution < -0.4 is 4.74 Å². The van der Waals surface area contributed by atoms with Gasteiger partial charge in [0.2, 0.25) is 0 Å². The number of carbonyl (C=O) groups is 2. The first-order valence-corrected chi connectivity index (χ1v) is 9.88. The second-order valence-corrected chi connectivity index (χ2v) is 7.74. The largest absolute Gasteiger partial charge is 0.507 e. The van der Waals surface area contributed by atoms with Crippen LogP contribution in [0.15, 0.2) is 64.1 Å². The average molecular weight is 409 g/mol. The first-order chi connectivity index (χ1) is 14.0. The summed E-state index contributed by atoms with van der Waals surface area (Å²) >= 11 is 1.49. The van der Waals surface area contributed by atoms with E-state index in [1.807, 2.05) is 24.4 Å². The number of furan rings is 1.